The number of Topliss-reactive ketones (excluding diaryl/α,β-unsaturated/α-hetero) is 1. The van der Waals surface area contributed by atoms with Crippen LogP contribution in [-0.2, 0) is 24.2 Å². The van der Waals surface area contributed by atoms with E-state index >= 15 is 0 Å². The summed E-state index contributed by atoms with van der Waals surface area (Å²) >= 11 is 0. The van der Waals surface area contributed by atoms with Crippen molar-refractivity contribution in [2.24, 2.45) is 0 Å². The molecule has 2 aromatic rings. The predicted molar refractivity (Wildman–Crippen MR) is 115 cm³/mol. The monoisotopic (exact) mass is 391 g/mol. The summed E-state index contributed by atoms with van der Waals surface area (Å²) in [7, 11) is 0. The normalized spacial score (nSPS) is 16.4. The maximum Gasteiger partial charge on any atom is 0.224 e. The summed E-state index contributed by atoms with van der Waals surface area (Å²) in [4.78, 5) is 26.4. The molecule has 0 radical (unpaired) electrons. The molecule has 0 atom stereocenters. The first-order valence-corrected chi connectivity index (χ1v) is 11.0. The van der Waals surface area contributed by atoms with E-state index in [4.69, 9.17) is 0 Å². The van der Waals surface area contributed by atoms with Gasteiger partial charge in [-0.2, -0.15) is 0 Å². The topological polar surface area (TPSA) is 50.6 Å². The zero-order chi connectivity index (χ0) is 20.1. The second-order valence-electron chi connectivity index (χ2n) is 8.49. The Hall–Kier alpha value is -2.46. The lowest BCUT2D eigenvalue weighted by Gasteiger charge is -2.16. The van der Waals surface area contributed by atoms with Crippen molar-refractivity contribution in [2.45, 2.75) is 57.9 Å². The highest BCUT2D eigenvalue weighted by molar-refractivity contribution is 6.00. The predicted octanol–water partition coefficient (Wildman–Crippen LogP) is 3.35. The van der Waals surface area contributed by atoms with Gasteiger partial charge >= 0.3 is 0 Å². The number of carbonyl (C=O) groups excluding carboxylic acids is 2. The molecule has 1 heterocycles. The Balaban J connectivity index is 1.25. The van der Waals surface area contributed by atoms with Crippen molar-refractivity contribution in [1.82, 2.24) is 0 Å². The van der Waals surface area contributed by atoms with Gasteiger partial charge in [-0.05, 0) is 55.0 Å². The number of aryl methyl sites for hydroxylation is 2. The third-order valence-electron chi connectivity index (χ3n) is 6.25. The minimum Gasteiger partial charge on any atom is -0.331 e. The molecule has 1 amide bonds. The molecule has 1 fully saturated rings. The van der Waals surface area contributed by atoms with Crippen molar-refractivity contribution in [3.05, 3.63) is 64.7 Å². The van der Waals surface area contributed by atoms with Gasteiger partial charge in [0.1, 0.15) is 6.54 Å². The minimum atomic E-state index is -0.103. The average molecular weight is 392 g/mol. The second kappa shape index (κ2) is 9.36. The van der Waals surface area contributed by atoms with Crippen LogP contribution in [0.5, 0.6) is 0 Å². The molecular weight excluding hydrogens is 360 g/mol. The third kappa shape index (κ3) is 5.33. The number of nitrogens with one attached hydrogen (secondary N) is 2. The number of hydrogen-bond donors (Lipinski definition) is 2. The number of fused-ring (bicyclic) bond motifs is 1. The molecule has 1 saturated heterocycles. The molecule has 0 aromatic heterocycles. The van der Waals surface area contributed by atoms with Gasteiger partial charge in [0.15, 0.2) is 5.78 Å². The van der Waals surface area contributed by atoms with Gasteiger partial charge in [-0.25, -0.2) is 0 Å². The van der Waals surface area contributed by atoms with Gasteiger partial charge in [-0.3, -0.25) is 9.59 Å². The summed E-state index contributed by atoms with van der Waals surface area (Å²) in [6.07, 6.45) is 7.74. The fourth-order valence-electron chi connectivity index (χ4n) is 4.55. The Bertz CT molecular complexity index is 867. The lowest BCUT2D eigenvalue weighted by Crippen LogP contribution is -3.08. The van der Waals surface area contributed by atoms with E-state index in [0.717, 1.165) is 30.6 Å². The highest BCUT2D eigenvalue weighted by Crippen LogP contribution is 2.23. The lowest BCUT2D eigenvalue weighted by atomic mass is 9.89. The van der Waals surface area contributed by atoms with E-state index in [9.17, 15) is 9.59 Å². The fraction of sp³-hybridized carbons (Fsp3) is 0.440. The summed E-state index contributed by atoms with van der Waals surface area (Å²) in [6.45, 7) is 3.58. The van der Waals surface area contributed by atoms with E-state index in [1.54, 1.807) is 4.90 Å². The lowest BCUT2D eigenvalue weighted by molar-refractivity contribution is -0.901. The van der Waals surface area contributed by atoms with E-state index in [1.165, 1.54) is 55.5 Å². The zero-order valence-electron chi connectivity index (χ0n) is 17.1. The Morgan fingerprint density at radius 2 is 1.55 bits per heavy atom. The second-order valence-corrected chi connectivity index (χ2v) is 8.49. The van der Waals surface area contributed by atoms with Gasteiger partial charge in [0, 0.05) is 42.5 Å². The Morgan fingerprint density at radius 1 is 0.828 bits per heavy atom. The van der Waals surface area contributed by atoms with E-state index in [-0.39, 0.29) is 24.5 Å². The van der Waals surface area contributed by atoms with Crippen molar-refractivity contribution in [3.8, 4) is 0 Å². The molecule has 4 nitrogen and oxygen atoms in total. The van der Waals surface area contributed by atoms with Crippen molar-refractivity contribution < 1.29 is 14.5 Å². The smallest absolute Gasteiger partial charge is 0.224 e. The van der Waals surface area contributed by atoms with E-state index < -0.39 is 0 Å². The maximum absolute atomic E-state index is 12.5. The standard InChI is InChI=1S/C25H30N2O2/c28-24(22-10-9-20-5-1-2-6-21(20)17-22)13-14-25(29)26-23-11-7-19(8-12-23)18-27-15-3-4-16-27/h7-12,17H,1-6,13-16,18H2,(H,26,29)/p+1. The third-order valence-corrected chi connectivity index (χ3v) is 6.25. The molecule has 4 heteroatoms. The van der Waals surface area contributed by atoms with Gasteiger partial charge in [0.2, 0.25) is 5.91 Å². The number of hydrogen-bond acceptors (Lipinski definition) is 2. The van der Waals surface area contributed by atoms with Crippen LogP contribution in [0, 0.1) is 0 Å². The average Bonchev–Trinajstić information content (AvgIpc) is 3.26. The van der Waals surface area contributed by atoms with Crippen LogP contribution in [0.25, 0.3) is 0 Å². The first-order valence-electron chi connectivity index (χ1n) is 11.0. The van der Waals surface area contributed by atoms with Gasteiger partial charge < -0.3 is 10.2 Å². The van der Waals surface area contributed by atoms with Crippen LogP contribution in [0.2, 0.25) is 0 Å². The van der Waals surface area contributed by atoms with Crippen LogP contribution in [0.4, 0.5) is 5.69 Å². The number of quaternary nitrogens is 1. The van der Waals surface area contributed by atoms with Crippen LogP contribution in [0.3, 0.4) is 0 Å². The summed E-state index contributed by atoms with van der Waals surface area (Å²) in [5.74, 6) is -0.0494. The molecule has 29 heavy (non-hydrogen) atoms. The molecule has 2 aromatic carbocycles. The minimum absolute atomic E-state index is 0.0532. The van der Waals surface area contributed by atoms with Crippen LogP contribution in [-0.4, -0.2) is 24.8 Å². The fourth-order valence-corrected chi connectivity index (χ4v) is 4.55. The molecule has 2 aliphatic rings. The molecule has 0 unspecified atom stereocenters. The largest absolute Gasteiger partial charge is 0.331 e. The van der Waals surface area contributed by atoms with Crippen molar-refractivity contribution in [1.29, 1.82) is 0 Å². The van der Waals surface area contributed by atoms with Crippen LogP contribution >= 0.6 is 0 Å². The quantitative estimate of drug-likeness (QED) is 0.711. The molecule has 152 valence electrons. The molecular formula is C25H31N2O2+. The summed E-state index contributed by atoms with van der Waals surface area (Å²) in [6, 6.07) is 14.2. The van der Waals surface area contributed by atoms with Gasteiger partial charge in [-0.1, -0.05) is 24.3 Å². The highest BCUT2D eigenvalue weighted by Gasteiger charge is 2.16. The zero-order valence-corrected chi connectivity index (χ0v) is 17.1. The summed E-state index contributed by atoms with van der Waals surface area (Å²) in [5.41, 5.74) is 5.54. The Morgan fingerprint density at radius 3 is 2.31 bits per heavy atom. The summed E-state index contributed by atoms with van der Waals surface area (Å²) < 4.78 is 0. The number of amides is 1. The molecule has 4 rings (SSSR count). The van der Waals surface area contributed by atoms with Crippen molar-refractivity contribution in [2.75, 3.05) is 18.4 Å². The number of carbonyl (C=O) groups is 2. The highest BCUT2D eigenvalue weighted by atomic mass is 16.2. The van der Waals surface area contributed by atoms with E-state index in [0.29, 0.717) is 0 Å². The van der Waals surface area contributed by atoms with E-state index in [2.05, 4.69) is 23.5 Å². The number of benzene rings is 2. The molecule has 1 aliphatic heterocycles. The molecule has 0 spiro atoms. The SMILES string of the molecule is O=C(CCC(=O)c1ccc2c(c1)CCCC2)Nc1ccc(C[NH+]2CCCC2)cc1. The van der Waals surface area contributed by atoms with Crippen LogP contribution in [0.15, 0.2) is 42.5 Å². The van der Waals surface area contributed by atoms with Crippen molar-refractivity contribution >= 4 is 17.4 Å². The van der Waals surface area contributed by atoms with Gasteiger partial charge in [0.25, 0.3) is 0 Å². The molecule has 0 saturated carbocycles. The van der Waals surface area contributed by atoms with Crippen LogP contribution in [0.1, 0.15) is 65.6 Å². The number of rotatable bonds is 7. The first kappa shape index (κ1) is 19.8. The van der Waals surface area contributed by atoms with Crippen molar-refractivity contribution in [3.63, 3.8) is 0 Å². The number of anilines is 1. The van der Waals surface area contributed by atoms with Gasteiger partial charge in [0.05, 0.1) is 13.1 Å². The number of ketones is 1. The first-order chi connectivity index (χ1) is 14.2. The Kier molecular flexibility index (Phi) is 6.40. The van der Waals surface area contributed by atoms with Crippen LogP contribution < -0.4 is 10.2 Å². The molecule has 0 bridgehead atoms. The van der Waals surface area contributed by atoms with E-state index in [1.807, 2.05) is 24.3 Å². The Labute approximate surface area is 173 Å². The maximum atomic E-state index is 12.5. The number of likely N-dealkylation sites (tertiary alicyclic amines) is 1. The molecule has 1 aliphatic carbocycles. The van der Waals surface area contributed by atoms with Gasteiger partial charge in [-0.15, -0.1) is 0 Å². The molecule has 2 N–H and O–H groups in total. The summed E-state index contributed by atoms with van der Waals surface area (Å²) in [5, 5.41) is 2.92.